The van der Waals surface area contributed by atoms with Crippen molar-refractivity contribution in [1.29, 1.82) is 0 Å². The first-order valence-electron chi connectivity index (χ1n) is 11.1. The van der Waals surface area contributed by atoms with Crippen LogP contribution in [0.4, 0.5) is 5.69 Å². The van der Waals surface area contributed by atoms with Gasteiger partial charge in [0.1, 0.15) is 5.75 Å². The van der Waals surface area contributed by atoms with Gasteiger partial charge in [0.05, 0.1) is 7.11 Å². The van der Waals surface area contributed by atoms with E-state index in [0.29, 0.717) is 17.0 Å². The Kier molecular flexibility index (Phi) is 9.16. The lowest BCUT2D eigenvalue weighted by atomic mass is 9.88. The first-order chi connectivity index (χ1) is 16.5. The predicted molar refractivity (Wildman–Crippen MR) is 135 cm³/mol. The molecule has 9 heteroatoms. The number of thiocarbonyl (C=S) groups is 1. The van der Waals surface area contributed by atoms with Crippen molar-refractivity contribution in [2.45, 2.75) is 32.1 Å². The minimum atomic E-state index is -0.462. The number of nitrogens with one attached hydrogen (secondary N) is 4. The molecule has 0 saturated heterocycles. The van der Waals surface area contributed by atoms with Crippen LogP contribution in [0, 0.1) is 5.92 Å². The number of hydrazine groups is 1. The number of rotatable bonds is 6. The fourth-order valence-electron chi connectivity index (χ4n) is 3.65. The van der Waals surface area contributed by atoms with Gasteiger partial charge in [0.15, 0.2) is 5.11 Å². The third-order valence-corrected chi connectivity index (χ3v) is 5.67. The molecule has 0 aromatic heterocycles. The molecule has 178 valence electrons. The highest BCUT2D eigenvalue weighted by molar-refractivity contribution is 7.80. The summed E-state index contributed by atoms with van der Waals surface area (Å²) in [4.78, 5) is 36.8. The molecule has 1 fully saturated rings. The van der Waals surface area contributed by atoms with Gasteiger partial charge in [-0.05, 0) is 61.5 Å². The molecule has 0 unspecified atom stereocenters. The number of hydrogen-bond donors (Lipinski definition) is 4. The Hall–Kier alpha value is -3.72. The van der Waals surface area contributed by atoms with Gasteiger partial charge in [-0.3, -0.25) is 30.6 Å². The predicted octanol–water partition coefficient (Wildman–Crippen LogP) is 3.56. The number of methoxy groups -OCH3 is 1. The fraction of sp³-hybridized carbons (Fsp3) is 0.280. The summed E-state index contributed by atoms with van der Waals surface area (Å²) in [6, 6.07) is 13.8. The number of ether oxygens (including phenoxy) is 1. The Morgan fingerprint density at radius 3 is 2.38 bits per heavy atom. The van der Waals surface area contributed by atoms with E-state index in [9.17, 15) is 14.4 Å². The Labute approximate surface area is 204 Å². The highest BCUT2D eigenvalue weighted by Gasteiger charge is 2.21. The minimum absolute atomic E-state index is 0.0272. The summed E-state index contributed by atoms with van der Waals surface area (Å²) in [7, 11) is 1.55. The zero-order valence-electron chi connectivity index (χ0n) is 18.9. The molecule has 4 N–H and O–H groups in total. The molecule has 8 nitrogen and oxygen atoms in total. The van der Waals surface area contributed by atoms with E-state index >= 15 is 0 Å². The number of carbonyl (C=O) groups excluding carboxylic acids is 3. The summed E-state index contributed by atoms with van der Waals surface area (Å²) in [5, 5.41) is 5.30. The molecule has 1 aliphatic carbocycles. The van der Waals surface area contributed by atoms with E-state index in [2.05, 4.69) is 21.5 Å². The standard InChI is InChI=1S/C25H28N4O4S/c1-33-21-10-6-5-7-17(21)13-16-22(30)27-25(34)29-28-24(32)19-11-14-20(15-12-19)26-23(31)18-8-3-2-4-9-18/h5-7,10-16,18H,2-4,8-9H2,1H3,(H,26,31)(H,28,32)(H2,27,29,30,34)/b16-13+. The quantitative estimate of drug-likeness (QED) is 0.286. The van der Waals surface area contributed by atoms with Gasteiger partial charge in [-0.15, -0.1) is 0 Å². The molecule has 1 aliphatic rings. The lowest BCUT2D eigenvalue weighted by Gasteiger charge is -2.20. The normalized spacial score (nSPS) is 13.7. The first-order valence-corrected chi connectivity index (χ1v) is 11.5. The average molecular weight is 481 g/mol. The summed E-state index contributed by atoms with van der Waals surface area (Å²) in [6.07, 6.45) is 8.12. The third-order valence-electron chi connectivity index (χ3n) is 5.47. The fourth-order valence-corrected chi connectivity index (χ4v) is 3.81. The van der Waals surface area contributed by atoms with Crippen LogP contribution in [0.5, 0.6) is 5.75 Å². The lowest BCUT2D eigenvalue weighted by molar-refractivity contribution is -0.120. The second-order valence-electron chi connectivity index (χ2n) is 7.87. The summed E-state index contributed by atoms with van der Waals surface area (Å²) < 4.78 is 5.23. The van der Waals surface area contributed by atoms with Crippen LogP contribution >= 0.6 is 12.2 Å². The van der Waals surface area contributed by atoms with Crippen LogP contribution in [0.25, 0.3) is 6.08 Å². The molecular formula is C25H28N4O4S. The molecule has 34 heavy (non-hydrogen) atoms. The Morgan fingerprint density at radius 2 is 1.68 bits per heavy atom. The highest BCUT2D eigenvalue weighted by Crippen LogP contribution is 2.25. The van der Waals surface area contributed by atoms with Crippen molar-refractivity contribution in [3.05, 3.63) is 65.7 Å². The number of benzene rings is 2. The Balaban J connectivity index is 1.43. The van der Waals surface area contributed by atoms with Crippen LogP contribution in [-0.4, -0.2) is 29.9 Å². The van der Waals surface area contributed by atoms with Crippen molar-refractivity contribution < 1.29 is 19.1 Å². The molecule has 0 bridgehead atoms. The van der Waals surface area contributed by atoms with Crippen molar-refractivity contribution in [1.82, 2.24) is 16.2 Å². The molecule has 3 rings (SSSR count). The average Bonchev–Trinajstić information content (AvgIpc) is 2.87. The van der Waals surface area contributed by atoms with Crippen LogP contribution in [0.3, 0.4) is 0 Å². The highest BCUT2D eigenvalue weighted by atomic mass is 32.1. The number of para-hydroxylation sites is 1. The Bertz CT molecular complexity index is 1060. The van der Waals surface area contributed by atoms with E-state index in [1.165, 1.54) is 12.5 Å². The largest absolute Gasteiger partial charge is 0.496 e. The van der Waals surface area contributed by atoms with Crippen molar-refractivity contribution >= 4 is 46.8 Å². The van der Waals surface area contributed by atoms with Crippen molar-refractivity contribution in [2.24, 2.45) is 5.92 Å². The van der Waals surface area contributed by atoms with Crippen molar-refractivity contribution in [3.63, 3.8) is 0 Å². The third kappa shape index (κ3) is 7.41. The maximum absolute atomic E-state index is 12.4. The Morgan fingerprint density at radius 1 is 0.971 bits per heavy atom. The smallest absolute Gasteiger partial charge is 0.269 e. The van der Waals surface area contributed by atoms with Crippen molar-refractivity contribution in [2.75, 3.05) is 12.4 Å². The van der Waals surface area contributed by atoms with Gasteiger partial charge >= 0.3 is 0 Å². The maximum atomic E-state index is 12.4. The van der Waals surface area contributed by atoms with Crippen LogP contribution in [0.2, 0.25) is 0 Å². The first kappa shape index (κ1) is 24.9. The van der Waals surface area contributed by atoms with Gasteiger partial charge in [-0.2, -0.15) is 0 Å². The number of amides is 3. The van der Waals surface area contributed by atoms with Gasteiger partial charge in [0.2, 0.25) is 11.8 Å². The molecule has 2 aromatic carbocycles. The van der Waals surface area contributed by atoms with Gasteiger partial charge in [-0.25, -0.2) is 0 Å². The van der Waals surface area contributed by atoms with Crippen LogP contribution in [-0.2, 0) is 9.59 Å². The molecule has 0 aliphatic heterocycles. The van der Waals surface area contributed by atoms with E-state index in [4.69, 9.17) is 17.0 Å². The summed E-state index contributed by atoms with van der Waals surface area (Å²) in [6.45, 7) is 0. The van der Waals surface area contributed by atoms with E-state index in [0.717, 1.165) is 31.2 Å². The van der Waals surface area contributed by atoms with Gasteiger partial charge in [0.25, 0.3) is 5.91 Å². The number of carbonyl (C=O) groups is 3. The molecule has 0 heterocycles. The summed E-state index contributed by atoms with van der Waals surface area (Å²) in [5.41, 5.74) is 6.68. The monoisotopic (exact) mass is 480 g/mol. The summed E-state index contributed by atoms with van der Waals surface area (Å²) >= 11 is 5.04. The van der Waals surface area contributed by atoms with E-state index in [1.54, 1.807) is 43.5 Å². The number of anilines is 1. The zero-order valence-corrected chi connectivity index (χ0v) is 19.7. The molecule has 2 aromatic rings. The second kappa shape index (κ2) is 12.5. The van der Waals surface area contributed by atoms with Crippen LogP contribution in [0.1, 0.15) is 48.0 Å². The lowest BCUT2D eigenvalue weighted by Crippen LogP contribution is -2.48. The van der Waals surface area contributed by atoms with Crippen LogP contribution < -0.4 is 26.2 Å². The van der Waals surface area contributed by atoms with Gasteiger partial charge in [-0.1, -0.05) is 37.5 Å². The molecule has 0 radical (unpaired) electrons. The molecular weight excluding hydrogens is 452 g/mol. The SMILES string of the molecule is COc1ccccc1/C=C/C(=O)NC(=S)NNC(=O)c1ccc(NC(=O)C2CCCCC2)cc1. The maximum Gasteiger partial charge on any atom is 0.269 e. The molecule has 1 saturated carbocycles. The topological polar surface area (TPSA) is 109 Å². The van der Waals surface area contributed by atoms with E-state index in [-0.39, 0.29) is 16.9 Å². The van der Waals surface area contributed by atoms with E-state index in [1.807, 2.05) is 18.2 Å². The molecule has 3 amide bonds. The minimum Gasteiger partial charge on any atom is -0.496 e. The van der Waals surface area contributed by atoms with E-state index < -0.39 is 11.8 Å². The zero-order chi connectivity index (χ0) is 24.3. The van der Waals surface area contributed by atoms with Gasteiger partial charge < -0.3 is 10.1 Å². The second-order valence-corrected chi connectivity index (χ2v) is 8.28. The molecule has 0 atom stereocenters. The van der Waals surface area contributed by atoms with Crippen molar-refractivity contribution in [3.8, 4) is 5.75 Å². The summed E-state index contributed by atoms with van der Waals surface area (Å²) in [5.74, 6) is -0.178. The number of hydrogen-bond acceptors (Lipinski definition) is 5. The van der Waals surface area contributed by atoms with Crippen LogP contribution in [0.15, 0.2) is 54.6 Å². The van der Waals surface area contributed by atoms with Gasteiger partial charge in [0, 0.05) is 28.8 Å². The molecule has 0 spiro atoms.